The molecule has 0 spiro atoms. The SMILES string of the molecule is C=CC(=O)NCCCCCCC[C@H]1O[C@H](O[C@H]2O[C@H](CO)[C@@H](O)[C@H](O)[C@H]2O)[C@H](O)[C@@H](O)[C@@H]1O. The summed E-state index contributed by atoms with van der Waals surface area (Å²) in [7, 11) is 0. The van der Waals surface area contributed by atoms with Crippen molar-refractivity contribution in [3.8, 4) is 0 Å². The summed E-state index contributed by atoms with van der Waals surface area (Å²) in [6.45, 7) is 3.29. The number of carbonyl (C=O) groups is 1. The highest BCUT2D eigenvalue weighted by Gasteiger charge is 2.49. The Balaban J connectivity index is 1.80. The lowest BCUT2D eigenvalue weighted by Gasteiger charge is -2.44. The molecule has 0 aromatic heterocycles. The molecule has 2 saturated heterocycles. The van der Waals surface area contributed by atoms with Gasteiger partial charge in [-0.1, -0.05) is 32.3 Å². The highest BCUT2D eigenvalue weighted by molar-refractivity contribution is 5.86. The lowest BCUT2D eigenvalue weighted by Crippen LogP contribution is -2.63. The zero-order chi connectivity index (χ0) is 24.5. The van der Waals surface area contributed by atoms with E-state index in [-0.39, 0.29) is 5.91 Å². The van der Waals surface area contributed by atoms with E-state index in [0.29, 0.717) is 19.4 Å². The molecule has 192 valence electrons. The molecule has 33 heavy (non-hydrogen) atoms. The van der Waals surface area contributed by atoms with Gasteiger partial charge < -0.3 is 55.3 Å². The average Bonchev–Trinajstić information content (AvgIpc) is 2.81. The monoisotopic (exact) mass is 479 g/mol. The molecule has 0 aromatic carbocycles. The van der Waals surface area contributed by atoms with Crippen molar-refractivity contribution < 1.29 is 54.8 Å². The summed E-state index contributed by atoms with van der Waals surface area (Å²) in [5.74, 6) is -0.209. The van der Waals surface area contributed by atoms with E-state index in [1.165, 1.54) is 6.08 Å². The Kier molecular flexibility index (Phi) is 11.6. The molecule has 0 unspecified atom stereocenters. The highest BCUT2D eigenvalue weighted by atomic mass is 16.8. The minimum Gasteiger partial charge on any atom is -0.394 e. The minimum absolute atomic E-state index is 0.209. The van der Waals surface area contributed by atoms with E-state index < -0.39 is 68.0 Å². The Morgan fingerprint density at radius 3 is 1.88 bits per heavy atom. The number of hydrogen-bond donors (Lipinski definition) is 8. The van der Waals surface area contributed by atoms with Gasteiger partial charge in [-0.3, -0.25) is 4.79 Å². The normalized spacial score (nSPS) is 39.2. The summed E-state index contributed by atoms with van der Waals surface area (Å²) in [6.07, 6.45) is -8.94. The maximum Gasteiger partial charge on any atom is 0.243 e. The van der Waals surface area contributed by atoms with E-state index in [1.54, 1.807) is 0 Å². The number of aliphatic hydroxyl groups excluding tert-OH is 7. The van der Waals surface area contributed by atoms with Crippen LogP contribution in [0.3, 0.4) is 0 Å². The largest absolute Gasteiger partial charge is 0.394 e. The zero-order valence-electron chi connectivity index (χ0n) is 18.5. The van der Waals surface area contributed by atoms with Crippen LogP contribution in [0.2, 0.25) is 0 Å². The molecule has 2 fully saturated rings. The molecule has 12 heteroatoms. The van der Waals surface area contributed by atoms with Crippen molar-refractivity contribution in [1.82, 2.24) is 5.32 Å². The Morgan fingerprint density at radius 2 is 1.30 bits per heavy atom. The molecule has 0 saturated carbocycles. The maximum atomic E-state index is 11.1. The number of rotatable bonds is 12. The molecule has 2 aliphatic rings. The average molecular weight is 480 g/mol. The lowest BCUT2D eigenvalue weighted by atomic mass is 9.94. The molecule has 0 aliphatic carbocycles. The van der Waals surface area contributed by atoms with Crippen LogP contribution in [0.25, 0.3) is 0 Å². The number of ether oxygens (including phenoxy) is 3. The molecule has 0 radical (unpaired) electrons. The topological polar surface area (TPSA) is 198 Å². The van der Waals surface area contributed by atoms with Crippen LogP contribution >= 0.6 is 0 Å². The van der Waals surface area contributed by atoms with E-state index in [0.717, 1.165) is 25.7 Å². The van der Waals surface area contributed by atoms with Crippen LogP contribution in [0.5, 0.6) is 0 Å². The van der Waals surface area contributed by atoms with Crippen molar-refractivity contribution in [2.24, 2.45) is 0 Å². The first kappa shape index (κ1) is 28.1. The predicted molar refractivity (Wildman–Crippen MR) is 112 cm³/mol. The van der Waals surface area contributed by atoms with Gasteiger partial charge in [-0.2, -0.15) is 0 Å². The first-order valence-electron chi connectivity index (χ1n) is 11.3. The van der Waals surface area contributed by atoms with Crippen molar-refractivity contribution in [3.05, 3.63) is 12.7 Å². The van der Waals surface area contributed by atoms with Gasteiger partial charge in [-0.25, -0.2) is 0 Å². The molecule has 2 heterocycles. The molecule has 8 N–H and O–H groups in total. The number of unbranched alkanes of at least 4 members (excludes halogenated alkanes) is 4. The predicted octanol–water partition coefficient (Wildman–Crippen LogP) is -2.75. The second kappa shape index (κ2) is 13.6. The minimum atomic E-state index is -1.70. The van der Waals surface area contributed by atoms with Gasteiger partial charge in [-0.05, 0) is 18.9 Å². The summed E-state index contributed by atoms with van der Waals surface area (Å²) in [4.78, 5) is 11.1. The molecule has 1 amide bonds. The number of carbonyl (C=O) groups excluding carboxylic acids is 1. The molecule has 2 aliphatic heterocycles. The maximum absolute atomic E-state index is 11.1. The second-order valence-electron chi connectivity index (χ2n) is 8.40. The summed E-state index contributed by atoms with van der Waals surface area (Å²) in [6, 6.07) is 0. The van der Waals surface area contributed by atoms with Gasteiger partial charge >= 0.3 is 0 Å². The molecule has 12 nitrogen and oxygen atoms in total. The standard InChI is InChI=1S/C21H37NO11/c1-2-13(24)22-9-7-5-3-4-6-8-11-14(25)16(27)18(29)20(31-11)33-21-19(30)17(28)15(26)12(10-23)32-21/h2,11-12,14-21,23,25-30H,1,3-10H2,(H,22,24)/t11-,12-,14-,15-,16+,17+,18-,19-,20-,21-/m1/s1. The third-order valence-corrected chi connectivity index (χ3v) is 5.94. The van der Waals surface area contributed by atoms with Crippen molar-refractivity contribution in [2.75, 3.05) is 13.2 Å². The van der Waals surface area contributed by atoms with Gasteiger partial charge in [-0.15, -0.1) is 0 Å². The van der Waals surface area contributed by atoms with Crippen LogP contribution in [-0.4, -0.2) is 116 Å². The van der Waals surface area contributed by atoms with Gasteiger partial charge in [0, 0.05) is 6.54 Å². The van der Waals surface area contributed by atoms with Crippen LogP contribution in [-0.2, 0) is 19.0 Å². The van der Waals surface area contributed by atoms with Gasteiger partial charge in [0.25, 0.3) is 0 Å². The fourth-order valence-electron chi connectivity index (χ4n) is 3.86. The molecular formula is C21H37NO11. The van der Waals surface area contributed by atoms with Crippen LogP contribution in [0.15, 0.2) is 12.7 Å². The molecule has 0 aromatic rings. The molecule has 2 rings (SSSR count). The number of hydrogen-bond acceptors (Lipinski definition) is 11. The Bertz CT molecular complexity index is 607. The van der Waals surface area contributed by atoms with Gasteiger partial charge in [0.15, 0.2) is 12.6 Å². The quantitative estimate of drug-likeness (QED) is 0.107. The third kappa shape index (κ3) is 7.65. The van der Waals surface area contributed by atoms with Crippen molar-refractivity contribution in [3.63, 3.8) is 0 Å². The smallest absolute Gasteiger partial charge is 0.243 e. The van der Waals surface area contributed by atoms with Crippen LogP contribution < -0.4 is 5.32 Å². The molecule has 10 atom stereocenters. The highest BCUT2D eigenvalue weighted by Crippen LogP contribution is 2.29. The Hall–Kier alpha value is -1.19. The second-order valence-corrected chi connectivity index (χ2v) is 8.40. The summed E-state index contributed by atoms with van der Waals surface area (Å²) >= 11 is 0. The summed E-state index contributed by atoms with van der Waals surface area (Å²) < 4.78 is 16.3. The summed E-state index contributed by atoms with van der Waals surface area (Å²) in [5, 5.41) is 72.5. The third-order valence-electron chi connectivity index (χ3n) is 5.94. The van der Waals surface area contributed by atoms with Crippen LogP contribution in [0, 0.1) is 0 Å². The number of amides is 1. The Labute approximate surface area is 192 Å². The number of nitrogens with one attached hydrogen (secondary N) is 1. The fourth-order valence-corrected chi connectivity index (χ4v) is 3.86. The first-order chi connectivity index (χ1) is 15.7. The van der Waals surface area contributed by atoms with Crippen molar-refractivity contribution in [2.45, 2.75) is 99.9 Å². The van der Waals surface area contributed by atoms with Crippen molar-refractivity contribution >= 4 is 5.91 Å². The van der Waals surface area contributed by atoms with Gasteiger partial charge in [0.05, 0.1) is 12.7 Å². The lowest BCUT2D eigenvalue weighted by molar-refractivity contribution is -0.375. The van der Waals surface area contributed by atoms with E-state index in [1.807, 2.05) is 0 Å². The molecule has 0 bridgehead atoms. The zero-order valence-corrected chi connectivity index (χ0v) is 18.5. The number of aliphatic hydroxyl groups is 7. The fraction of sp³-hybridized carbons (Fsp3) is 0.857. The van der Waals surface area contributed by atoms with E-state index in [2.05, 4.69) is 11.9 Å². The Morgan fingerprint density at radius 1 is 0.788 bits per heavy atom. The van der Waals surface area contributed by atoms with E-state index >= 15 is 0 Å². The summed E-state index contributed by atoms with van der Waals surface area (Å²) in [5.41, 5.74) is 0. The van der Waals surface area contributed by atoms with Crippen molar-refractivity contribution in [1.29, 1.82) is 0 Å². The first-order valence-corrected chi connectivity index (χ1v) is 11.3. The van der Waals surface area contributed by atoms with Gasteiger partial charge in [0.2, 0.25) is 5.91 Å². The van der Waals surface area contributed by atoms with Crippen LogP contribution in [0.1, 0.15) is 38.5 Å². The van der Waals surface area contributed by atoms with E-state index in [9.17, 15) is 40.5 Å². The van der Waals surface area contributed by atoms with Gasteiger partial charge in [0.1, 0.15) is 42.7 Å². The molecular weight excluding hydrogens is 442 g/mol. The van der Waals surface area contributed by atoms with E-state index in [4.69, 9.17) is 14.2 Å². The van der Waals surface area contributed by atoms with Crippen LogP contribution in [0.4, 0.5) is 0 Å².